The van der Waals surface area contributed by atoms with Gasteiger partial charge in [0.1, 0.15) is 5.69 Å². The van der Waals surface area contributed by atoms with E-state index in [1.165, 1.54) is 10.7 Å². The number of alkyl halides is 3. The summed E-state index contributed by atoms with van der Waals surface area (Å²) >= 11 is 0. The molecule has 0 spiro atoms. The topological polar surface area (TPSA) is 59.0 Å². The van der Waals surface area contributed by atoms with E-state index in [0.717, 1.165) is 17.7 Å². The Hall–Kier alpha value is -3.29. The van der Waals surface area contributed by atoms with Gasteiger partial charge in [-0.05, 0) is 43.7 Å². The van der Waals surface area contributed by atoms with Crippen molar-refractivity contribution in [3.8, 4) is 0 Å². The van der Waals surface area contributed by atoms with E-state index < -0.39 is 17.6 Å². The van der Waals surface area contributed by atoms with Gasteiger partial charge >= 0.3 is 6.18 Å². The second-order valence-corrected chi connectivity index (χ2v) is 6.54. The van der Waals surface area contributed by atoms with E-state index in [2.05, 4.69) is 15.7 Å². The largest absolute Gasteiger partial charge is 0.416 e. The van der Waals surface area contributed by atoms with Crippen molar-refractivity contribution in [2.24, 2.45) is 0 Å². The molecular weight excluding hydrogens is 381 g/mol. The molecule has 0 atom stereocenters. The van der Waals surface area contributed by atoms with Crippen molar-refractivity contribution in [1.29, 1.82) is 0 Å². The Morgan fingerprint density at radius 3 is 2.45 bits per heavy atom. The summed E-state index contributed by atoms with van der Waals surface area (Å²) in [6.45, 7) is 4.46. The Labute approximate surface area is 166 Å². The third-order valence-electron chi connectivity index (χ3n) is 4.36. The van der Waals surface area contributed by atoms with Crippen molar-refractivity contribution in [2.45, 2.75) is 33.1 Å². The molecule has 2 N–H and O–H groups in total. The molecule has 8 heteroatoms. The van der Waals surface area contributed by atoms with Gasteiger partial charge < -0.3 is 10.6 Å². The molecule has 1 amide bonds. The van der Waals surface area contributed by atoms with E-state index in [1.54, 1.807) is 13.0 Å². The molecule has 0 saturated carbocycles. The first-order valence-corrected chi connectivity index (χ1v) is 9.12. The second kappa shape index (κ2) is 8.38. The number of nitrogens with zero attached hydrogens (tertiary/aromatic N) is 2. The van der Waals surface area contributed by atoms with Gasteiger partial charge in [-0.3, -0.25) is 9.48 Å². The minimum absolute atomic E-state index is 0.0577. The molecular formula is C21H21F3N4O. The fourth-order valence-corrected chi connectivity index (χ4v) is 2.93. The van der Waals surface area contributed by atoms with E-state index in [9.17, 15) is 18.0 Å². The fourth-order valence-electron chi connectivity index (χ4n) is 2.93. The molecule has 152 valence electrons. The zero-order chi connectivity index (χ0) is 21.0. The first kappa shape index (κ1) is 20.4. The molecule has 0 bridgehead atoms. The van der Waals surface area contributed by atoms with Crippen LogP contribution in [0.15, 0.2) is 54.6 Å². The van der Waals surface area contributed by atoms with Crippen LogP contribution in [0.4, 0.5) is 24.5 Å². The Morgan fingerprint density at radius 1 is 1.07 bits per heavy atom. The molecule has 2 aromatic carbocycles. The van der Waals surface area contributed by atoms with Crippen LogP contribution in [0.3, 0.4) is 0 Å². The number of halogens is 3. The molecule has 0 aliphatic rings. The maximum Gasteiger partial charge on any atom is 0.416 e. The number of nitrogens with one attached hydrogen (secondary N) is 2. The summed E-state index contributed by atoms with van der Waals surface area (Å²) < 4.78 is 41.1. The van der Waals surface area contributed by atoms with Gasteiger partial charge in [0.15, 0.2) is 0 Å². The molecule has 0 unspecified atom stereocenters. The predicted octanol–water partition coefficient (Wildman–Crippen LogP) is 5.09. The van der Waals surface area contributed by atoms with Crippen molar-refractivity contribution in [2.75, 3.05) is 10.6 Å². The van der Waals surface area contributed by atoms with E-state index in [1.807, 2.05) is 37.3 Å². The lowest BCUT2D eigenvalue weighted by atomic mass is 10.1. The molecule has 0 aliphatic carbocycles. The highest BCUT2D eigenvalue weighted by atomic mass is 19.4. The lowest BCUT2D eigenvalue weighted by Gasteiger charge is -2.16. The fraction of sp³-hybridized carbons (Fsp3) is 0.238. The maximum atomic E-state index is 13.2. The number of carbonyl (C=O) groups excluding carboxylic acids is 1. The van der Waals surface area contributed by atoms with Gasteiger partial charge in [-0.1, -0.05) is 30.3 Å². The van der Waals surface area contributed by atoms with Crippen LogP contribution in [-0.4, -0.2) is 15.7 Å². The maximum absolute atomic E-state index is 13.2. The van der Waals surface area contributed by atoms with Gasteiger partial charge in [0.25, 0.3) is 5.91 Å². The standard InChI is InChI=1S/C21H21F3N4O/c1-3-28-19(11-14(2)27-28)20(29)26-18-12-16(21(22,23)24)9-10-17(18)25-13-15-7-5-4-6-8-15/h4-12,25H,3,13H2,1-2H3,(H,26,29). The molecule has 1 aromatic heterocycles. The average Bonchev–Trinajstić information content (AvgIpc) is 3.08. The van der Waals surface area contributed by atoms with Crippen LogP contribution in [0, 0.1) is 6.92 Å². The monoisotopic (exact) mass is 402 g/mol. The molecule has 0 saturated heterocycles. The van der Waals surface area contributed by atoms with Gasteiger partial charge in [0.2, 0.25) is 0 Å². The van der Waals surface area contributed by atoms with Crippen molar-refractivity contribution in [3.63, 3.8) is 0 Å². The van der Waals surface area contributed by atoms with E-state index >= 15 is 0 Å². The number of carbonyl (C=O) groups is 1. The molecule has 3 aromatic rings. The second-order valence-electron chi connectivity index (χ2n) is 6.54. The Bertz CT molecular complexity index is 997. The zero-order valence-corrected chi connectivity index (χ0v) is 16.0. The number of hydrogen-bond donors (Lipinski definition) is 2. The summed E-state index contributed by atoms with van der Waals surface area (Å²) in [5.41, 5.74) is 1.53. The van der Waals surface area contributed by atoms with Crippen LogP contribution in [-0.2, 0) is 19.3 Å². The Kier molecular flexibility index (Phi) is 5.91. The quantitative estimate of drug-likeness (QED) is 0.604. The summed E-state index contributed by atoms with van der Waals surface area (Å²) in [5, 5.41) is 9.90. The van der Waals surface area contributed by atoms with Gasteiger partial charge in [-0.2, -0.15) is 18.3 Å². The van der Waals surface area contributed by atoms with E-state index in [4.69, 9.17) is 0 Å². The van der Waals surface area contributed by atoms with E-state index in [-0.39, 0.29) is 11.4 Å². The first-order chi connectivity index (χ1) is 13.8. The molecule has 3 rings (SSSR count). The number of hydrogen-bond acceptors (Lipinski definition) is 3. The van der Waals surface area contributed by atoms with Crippen molar-refractivity contribution in [1.82, 2.24) is 9.78 Å². The summed E-state index contributed by atoms with van der Waals surface area (Å²) in [7, 11) is 0. The lowest BCUT2D eigenvalue weighted by molar-refractivity contribution is -0.137. The van der Waals surface area contributed by atoms with E-state index in [0.29, 0.717) is 24.5 Å². The third kappa shape index (κ3) is 4.96. The number of benzene rings is 2. The predicted molar refractivity (Wildman–Crippen MR) is 106 cm³/mol. The molecule has 0 aliphatic heterocycles. The molecule has 29 heavy (non-hydrogen) atoms. The Balaban J connectivity index is 1.89. The zero-order valence-electron chi connectivity index (χ0n) is 16.0. The highest BCUT2D eigenvalue weighted by Crippen LogP contribution is 2.34. The SMILES string of the molecule is CCn1nc(C)cc1C(=O)Nc1cc(C(F)(F)F)ccc1NCc1ccccc1. The summed E-state index contributed by atoms with van der Waals surface area (Å²) in [5.74, 6) is -0.519. The van der Waals surface area contributed by atoms with Crippen LogP contribution < -0.4 is 10.6 Å². The van der Waals surface area contributed by atoms with Gasteiger partial charge in [-0.15, -0.1) is 0 Å². The number of amides is 1. The average molecular weight is 402 g/mol. The summed E-state index contributed by atoms with van der Waals surface area (Å²) in [6.07, 6.45) is -4.51. The van der Waals surface area contributed by atoms with Crippen molar-refractivity contribution in [3.05, 3.63) is 77.1 Å². The smallest absolute Gasteiger partial charge is 0.379 e. The van der Waals surface area contributed by atoms with Crippen LogP contribution in [0.5, 0.6) is 0 Å². The molecule has 0 fully saturated rings. The van der Waals surface area contributed by atoms with Crippen molar-refractivity contribution >= 4 is 17.3 Å². The third-order valence-corrected chi connectivity index (χ3v) is 4.36. The number of anilines is 2. The minimum atomic E-state index is -4.51. The molecule has 5 nitrogen and oxygen atoms in total. The molecule has 1 heterocycles. The summed E-state index contributed by atoms with van der Waals surface area (Å²) in [6, 6.07) is 14.3. The van der Waals surface area contributed by atoms with Crippen LogP contribution in [0.1, 0.15) is 34.2 Å². The van der Waals surface area contributed by atoms with Gasteiger partial charge in [0, 0.05) is 13.1 Å². The van der Waals surface area contributed by atoms with Gasteiger partial charge in [0.05, 0.1) is 22.6 Å². The van der Waals surface area contributed by atoms with Crippen LogP contribution in [0.2, 0.25) is 0 Å². The van der Waals surface area contributed by atoms with Gasteiger partial charge in [-0.25, -0.2) is 0 Å². The van der Waals surface area contributed by atoms with Crippen molar-refractivity contribution < 1.29 is 18.0 Å². The Morgan fingerprint density at radius 2 is 1.79 bits per heavy atom. The highest BCUT2D eigenvalue weighted by Gasteiger charge is 2.31. The van der Waals surface area contributed by atoms with Crippen LogP contribution in [0.25, 0.3) is 0 Å². The normalized spacial score (nSPS) is 11.3. The highest BCUT2D eigenvalue weighted by molar-refractivity contribution is 6.05. The first-order valence-electron chi connectivity index (χ1n) is 9.12. The number of aromatic nitrogens is 2. The van der Waals surface area contributed by atoms with Crippen LogP contribution >= 0.6 is 0 Å². The molecule has 0 radical (unpaired) electrons. The lowest BCUT2D eigenvalue weighted by Crippen LogP contribution is -2.19. The number of aryl methyl sites for hydroxylation is 2. The minimum Gasteiger partial charge on any atom is -0.379 e. The number of rotatable bonds is 6. The summed E-state index contributed by atoms with van der Waals surface area (Å²) in [4.78, 5) is 12.7.